The van der Waals surface area contributed by atoms with Gasteiger partial charge < -0.3 is 9.72 Å². The number of rotatable bonds is 2. The second kappa shape index (κ2) is 3.53. The van der Waals surface area contributed by atoms with E-state index in [2.05, 4.69) is 9.97 Å². The molecule has 0 spiro atoms. The van der Waals surface area contributed by atoms with Crippen molar-refractivity contribution in [3.05, 3.63) is 24.7 Å². The van der Waals surface area contributed by atoms with E-state index in [4.69, 9.17) is 4.74 Å². The first kappa shape index (κ1) is 9.39. The van der Waals surface area contributed by atoms with Crippen molar-refractivity contribution in [2.24, 2.45) is 0 Å². The molecule has 0 amide bonds. The van der Waals surface area contributed by atoms with Crippen molar-refractivity contribution in [2.75, 3.05) is 0 Å². The molecule has 0 aliphatic carbocycles. The van der Waals surface area contributed by atoms with Gasteiger partial charge in [-0.2, -0.15) is 0 Å². The van der Waals surface area contributed by atoms with E-state index in [-0.39, 0.29) is 0 Å². The molecule has 0 saturated carbocycles. The average Bonchev–Trinajstić information content (AvgIpc) is 2.62. The molecule has 0 fully saturated rings. The zero-order chi connectivity index (χ0) is 10.8. The summed E-state index contributed by atoms with van der Waals surface area (Å²) in [7, 11) is 0. The molecule has 15 heavy (non-hydrogen) atoms. The number of ether oxygens (including phenoxy) is 1. The Balaban J connectivity index is 2.37. The quantitative estimate of drug-likeness (QED) is 0.586. The molecule has 0 aromatic carbocycles. The van der Waals surface area contributed by atoms with Crippen LogP contribution in [-0.2, 0) is 9.59 Å². The van der Waals surface area contributed by atoms with Gasteiger partial charge in [-0.05, 0) is 6.07 Å². The van der Waals surface area contributed by atoms with E-state index < -0.39 is 11.8 Å². The Kier molecular flexibility index (Phi) is 2.21. The number of esters is 1. The fourth-order valence-electron chi connectivity index (χ4n) is 1.20. The third kappa shape index (κ3) is 1.71. The summed E-state index contributed by atoms with van der Waals surface area (Å²) in [4.78, 5) is 28.5. The molecule has 2 rings (SSSR count). The first-order valence-electron chi connectivity index (χ1n) is 4.32. The monoisotopic (exact) mass is 204 g/mol. The zero-order valence-electron chi connectivity index (χ0n) is 7.98. The summed E-state index contributed by atoms with van der Waals surface area (Å²) in [6, 6.07) is 1.70. The molecule has 5 heteroatoms. The average molecular weight is 204 g/mol. The highest BCUT2D eigenvalue weighted by atomic mass is 16.5. The van der Waals surface area contributed by atoms with Crippen LogP contribution in [0.3, 0.4) is 0 Å². The van der Waals surface area contributed by atoms with Crippen LogP contribution in [0.2, 0.25) is 0 Å². The summed E-state index contributed by atoms with van der Waals surface area (Å²) in [6.45, 7) is 1.17. The number of carbonyl (C=O) groups excluding carboxylic acids is 2. The highest BCUT2D eigenvalue weighted by molar-refractivity contribution is 6.33. The standard InChI is InChI=1S/C10H8N2O3/c1-6(13)10(14)15-9-5-12-8-4-11-3-2-7(8)9/h2-5,12H,1H3. The van der Waals surface area contributed by atoms with E-state index in [1.165, 1.54) is 13.1 Å². The van der Waals surface area contributed by atoms with Crippen LogP contribution < -0.4 is 4.74 Å². The van der Waals surface area contributed by atoms with Crippen molar-refractivity contribution in [1.29, 1.82) is 0 Å². The Labute approximate surface area is 85.1 Å². The van der Waals surface area contributed by atoms with Gasteiger partial charge in [0, 0.05) is 24.7 Å². The molecular formula is C10H8N2O3. The summed E-state index contributed by atoms with van der Waals surface area (Å²) in [5.41, 5.74) is 0.754. The van der Waals surface area contributed by atoms with Crippen LogP contribution in [0.5, 0.6) is 5.75 Å². The number of aromatic amines is 1. The first-order chi connectivity index (χ1) is 7.18. The van der Waals surface area contributed by atoms with Gasteiger partial charge in [-0.15, -0.1) is 0 Å². The minimum Gasteiger partial charge on any atom is -0.419 e. The maximum absolute atomic E-state index is 11.1. The maximum atomic E-state index is 11.1. The minimum atomic E-state index is -0.868. The van der Waals surface area contributed by atoms with E-state index in [0.29, 0.717) is 5.75 Å². The highest BCUT2D eigenvalue weighted by Crippen LogP contribution is 2.24. The van der Waals surface area contributed by atoms with Gasteiger partial charge in [-0.1, -0.05) is 0 Å². The van der Waals surface area contributed by atoms with E-state index in [1.54, 1.807) is 18.5 Å². The lowest BCUT2D eigenvalue weighted by atomic mass is 10.3. The van der Waals surface area contributed by atoms with Crippen LogP contribution in [-0.4, -0.2) is 21.7 Å². The number of hydrogen-bond acceptors (Lipinski definition) is 4. The molecule has 0 unspecified atom stereocenters. The molecule has 76 valence electrons. The lowest BCUT2D eigenvalue weighted by Crippen LogP contribution is -2.16. The lowest BCUT2D eigenvalue weighted by molar-refractivity contribution is -0.145. The molecule has 0 radical (unpaired) electrons. The molecule has 2 aromatic heterocycles. The van der Waals surface area contributed by atoms with Crippen LogP contribution in [0.15, 0.2) is 24.7 Å². The van der Waals surface area contributed by atoms with Crippen molar-refractivity contribution >= 4 is 22.7 Å². The number of H-pyrrole nitrogens is 1. The third-order valence-electron chi connectivity index (χ3n) is 1.94. The summed E-state index contributed by atoms with van der Waals surface area (Å²) in [6.07, 6.45) is 4.72. The second-order valence-corrected chi connectivity index (χ2v) is 3.02. The normalized spacial score (nSPS) is 10.2. The van der Waals surface area contributed by atoms with Crippen LogP contribution in [0.1, 0.15) is 6.92 Å². The van der Waals surface area contributed by atoms with Gasteiger partial charge in [0.05, 0.1) is 11.7 Å². The molecule has 0 atom stereocenters. The van der Waals surface area contributed by atoms with Gasteiger partial charge in [0.2, 0.25) is 5.78 Å². The predicted octanol–water partition coefficient (Wildman–Crippen LogP) is 1.06. The zero-order valence-corrected chi connectivity index (χ0v) is 7.98. The molecule has 2 heterocycles. The van der Waals surface area contributed by atoms with Gasteiger partial charge in [0.25, 0.3) is 0 Å². The van der Waals surface area contributed by atoms with Gasteiger partial charge in [-0.3, -0.25) is 9.78 Å². The topological polar surface area (TPSA) is 72.1 Å². The van der Waals surface area contributed by atoms with E-state index in [1.807, 2.05) is 0 Å². The first-order valence-corrected chi connectivity index (χ1v) is 4.32. The Hall–Kier alpha value is -2.17. The number of Topliss-reactive ketones (excluding diaryl/α,β-unsaturated/α-hetero) is 1. The number of nitrogens with one attached hydrogen (secondary N) is 1. The Morgan fingerprint density at radius 2 is 2.27 bits per heavy atom. The number of aromatic nitrogens is 2. The Morgan fingerprint density at radius 3 is 3.00 bits per heavy atom. The number of ketones is 1. The summed E-state index contributed by atoms with van der Waals surface area (Å²) in [5.74, 6) is -1.15. The molecule has 1 N–H and O–H groups in total. The molecule has 0 bridgehead atoms. The van der Waals surface area contributed by atoms with Crippen molar-refractivity contribution in [1.82, 2.24) is 9.97 Å². The Morgan fingerprint density at radius 1 is 1.47 bits per heavy atom. The minimum absolute atomic E-state index is 0.340. The van der Waals surface area contributed by atoms with Gasteiger partial charge in [0.15, 0.2) is 5.75 Å². The molecule has 5 nitrogen and oxygen atoms in total. The van der Waals surface area contributed by atoms with Crippen molar-refractivity contribution in [3.8, 4) is 5.75 Å². The van der Waals surface area contributed by atoms with Crippen molar-refractivity contribution in [2.45, 2.75) is 6.92 Å². The van der Waals surface area contributed by atoms with Crippen molar-refractivity contribution in [3.63, 3.8) is 0 Å². The van der Waals surface area contributed by atoms with Gasteiger partial charge >= 0.3 is 5.97 Å². The van der Waals surface area contributed by atoms with Crippen LogP contribution in [0.4, 0.5) is 0 Å². The molecule has 0 aliphatic heterocycles. The molecule has 0 saturated heterocycles. The van der Waals surface area contributed by atoms with E-state index >= 15 is 0 Å². The van der Waals surface area contributed by atoms with Crippen LogP contribution in [0.25, 0.3) is 10.9 Å². The Bertz CT molecular complexity index is 530. The summed E-state index contributed by atoms with van der Waals surface area (Å²) in [5, 5.41) is 0.722. The van der Waals surface area contributed by atoms with Crippen LogP contribution in [0, 0.1) is 0 Å². The fourth-order valence-corrected chi connectivity index (χ4v) is 1.20. The summed E-state index contributed by atoms with van der Waals surface area (Å²) < 4.78 is 4.88. The largest absolute Gasteiger partial charge is 0.419 e. The number of hydrogen-bond donors (Lipinski definition) is 1. The summed E-state index contributed by atoms with van der Waals surface area (Å²) >= 11 is 0. The predicted molar refractivity (Wildman–Crippen MR) is 52.4 cm³/mol. The van der Waals surface area contributed by atoms with Gasteiger partial charge in [-0.25, -0.2) is 4.79 Å². The third-order valence-corrected chi connectivity index (χ3v) is 1.94. The van der Waals surface area contributed by atoms with E-state index in [0.717, 1.165) is 10.9 Å². The lowest BCUT2D eigenvalue weighted by Gasteiger charge is -1.98. The fraction of sp³-hybridized carbons (Fsp3) is 0.100. The van der Waals surface area contributed by atoms with Crippen molar-refractivity contribution < 1.29 is 14.3 Å². The van der Waals surface area contributed by atoms with Gasteiger partial charge in [0.1, 0.15) is 0 Å². The smallest absolute Gasteiger partial charge is 0.379 e. The molecular weight excluding hydrogens is 196 g/mol. The highest BCUT2D eigenvalue weighted by Gasteiger charge is 2.13. The number of pyridine rings is 1. The number of nitrogens with zero attached hydrogens (tertiary/aromatic N) is 1. The molecule has 0 aliphatic rings. The number of fused-ring (bicyclic) bond motifs is 1. The number of carbonyl (C=O) groups is 2. The van der Waals surface area contributed by atoms with E-state index in [9.17, 15) is 9.59 Å². The maximum Gasteiger partial charge on any atom is 0.379 e. The molecule has 2 aromatic rings. The second-order valence-electron chi connectivity index (χ2n) is 3.02. The SMILES string of the molecule is CC(=O)C(=O)Oc1c[nH]c2cnccc12. The van der Waals surface area contributed by atoms with Crippen LogP contribution >= 0.6 is 0 Å².